The molecule has 0 spiro atoms. The second kappa shape index (κ2) is 7.47. The number of nitrogens with one attached hydrogen (secondary N) is 2. The largest absolute Gasteiger partial charge is 0.338 e. The number of piperidine rings is 1. The molecule has 1 saturated heterocycles. The number of halogens is 2. The first kappa shape index (κ1) is 17.1. The monoisotopic (exact) mass is 337 g/mol. The Bertz CT molecular complexity index is 567. The molecule has 1 aromatic carbocycles. The van der Waals surface area contributed by atoms with Crippen molar-refractivity contribution < 1.29 is 13.6 Å². The minimum absolute atomic E-state index is 0.0578. The minimum Gasteiger partial charge on any atom is -0.338 e. The van der Waals surface area contributed by atoms with Gasteiger partial charge < -0.3 is 15.5 Å². The molecule has 132 valence electrons. The number of likely N-dealkylation sites (tertiary alicyclic amines) is 1. The highest BCUT2D eigenvalue weighted by molar-refractivity contribution is 5.74. The van der Waals surface area contributed by atoms with Gasteiger partial charge in [-0.25, -0.2) is 13.6 Å². The first-order valence-corrected chi connectivity index (χ1v) is 8.71. The molecule has 0 radical (unpaired) electrons. The van der Waals surface area contributed by atoms with Crippen LogP contribution in [-0.4, -0.2) is 44.2 Å². The first-order chi connectivity index (χ1) is 11.6. The Morgan fingerprint density at radius 3 is 2.50 bits per heavy atom. The van der Waals surface area contributed by atoms with Crippen LogP contribution >= 0.6 is 0 Å². The van der Waals surface area contributed by atoms with E-state index in [2.05, 4.69) is 10.6 Å². The van der Waals surface area contributed by atoms with Crippen LogP contribution in [0.3, 0.4) is 0 Å². The van der Waals surface area contributed by atoms with Gasteiger partial charge in [0.1, 0.15) is 11.6 Å². The summed E-state index contributed by atoms with van der Waals surface area (Å²) < 4.78 is 27.5. The van der Waals surface area contributed by atoms with Crippen molar-refractivity contribution in [3.05, 3.63) is 35.4 Å². The summed E-state index contributed by atoms with van der Waals surface area (Å²) >= 11 is 0. The Kier molecular flexibility index (Phi) is 5.33. The highest BCUT2D eigenvalue weighted by Gasteiger charge is 2.41. The average Bonchev–Trinajstić information content (AvgIpc) is 3.33. The molecule has 2 aliphatic rings. The van der Waals surface area contributed by atoms with Gasteiger partial charge >= 0.3 is 6.03 Å². The van der Waals surface area contributed by atoms with Gasteiger partial charge in [-0.15, -0.1) is 0 Å². The maximum Gasteiger partial charge on any atom is 0.317 e. The second-order valence-electron chi connectivity index (χ2n) is 6.91. The first-order valence-electron chi connectivity index (χ1n) is 8.71. The van der Waals surface area contributed by atoms with E-state index < -0.39 is 11.6 Å². The summed E-state index contributed by atoms with van der Waals surface area (Å²) in [6.45, 7) is 3.02. The molecule has 0 unspecified atom stereocenters. The molecule has 2 amide bonds. The van der Waals surface area contributed by atoms with Crippen LogP contribution < -0.4 is 10.6 Å². The van der Waals surface area contributed by atoms with E-state index in [4.69, 9.17) is 0 Å². The van der Waals surface area contributed by atoms with Crippen LogP contribution in [0.25, 0.3) is 0 Å². The molecule has 1 heterocycles. The van der Waals surface area contributed by atoms with Crippen LogP contribution in [0.2, 0.25) is 0 Å². The normalized spacial score (nSPS) is 24.0. The van der Waals surface area contributed by atoms with E-state index >= 15 is 0 Å². The van der Waals surface area contributed by atoms with E-state index in [-0.39, 0.29) is 23.4 Å². The second-order valence-corrected chi connectivity index (χ2v) is 6.91. The van der Waals surface area contributed by atoms with Crippen molar-refractivity contribution in [2.45, 2.75) is 25.2 Å². The molecule has 3 rings (SSSR count). The number of rotatable bonds is 5. The van der Waals surface area contributed by atoms with Gasteiger partial charge in [-0.3, -0.25) is 0 Å². The number of nitrogens with zero attached hydrogens (tertiary/aromatic N) is 1. The van der Waals surface area contributed by atoms with E-state index in [9.17, 15) is 13.6 Å². The topological polar surface area (TPSA) is 44.4 Å². The number of hydrogen-bond acceptors (Lipinski definition) is 2. The average molecular weight is 337 g/mol. The lowest BCUT2D eigenvalue weighted by Gasteiger charge is -2.32. The zero-order valence-corrected chi connectivity index (χ0v) is 14.0. The highest BCUT2D eigenvalue weighted by atomic mass is 19.1. The number of carbonyl (C=O) groups is 1. The van der Waals surface area contributed by atoms with Crippen molar-refractivity contribution in [2.24, 2.45) is 11.8 Å². The summed E-state index contributed by atoms with van der Waals surface area (Å²) in [5, 5.41) is 6.11. The van der Waals surface area contributed by atoms with E-state index in [1.807, 2.05) is 11.9 Å². The third-order valence-electron chi connectivity index (χ3n) is 5.20. The van der Waals surface area contributed by atoms with Gasteiger partial charge in [0.25, 0.3) is 0 Å². The van der Waals surface area contributed by atoms with Crippen LogP contribution in [0.1, 0.15) is 30.7 Å². The molecule has 2 fully saturated rings. The van der Waals surface area contributed by atoms with Gasteiger partial charge in [0.05, 0.1) is 0 Å². The predicted molar refractivity (Wildman–Crippen MR) is 88.8 cm³/mol. The smallest absolute Gasteiger partial charge is 0.317 e. The van der Waals surface area contributed by atoms with Crippen molar-refractivity contribution in [1.29, 1.82) is 0 Å². The fourth-order valence-corrected chi connectivity index (χ4v) is 3.65. The molecule has 24 heavy (non-hydrogen) atoms. The number of amides is 2. The highest BCUT2D eigenvalue weighted by Crippen LogP contribution is 2.48. The summed E-state index contributed by atoms with van der Waals surface area (Å²) in [7, 11) is 1.95. The van der Waals surface area contributed by atoms with Crippen molar-refractivity contribution in [1.82, 2.24) is 15.5 Å². The van der Waals surface area contributed by atoms with Crippen molar-refractivity contribution in [3.8, 4) is 0 Å². The quantitative estimate of drug-likeness (QED) is 0.868. The van der Waals surface area contributed by atoms with Gasteiger partial charge in [0.15, 0.2) is 0 Å². The molecule has 2 atom stereocenters. The Morgan fingerprint density at radius 1 is 1.21 bits per heavy atom. The maximum atomic E-state index is 13.8. The summed E-state index contributed by atoms with van der Waals surface area (Å²) in [5.41, 5.74) is 0.171. The Balaban J connectivity index is 1.44. The fourth-order valence-electron chi connectivity index (χ4n) is 3.65. The third kappa shape index (κ3) is 3.86. The Hall–Kier alpha value is -1.69. The zero-order chi connectivity index (χ0) is 17.1. The van der Waals surface area contributed by atoms with E-state index in [0.29, 0.717) is 12.5 Å². The van der Waals surface area contributed by atoms with Crippen molar-refractivity contribution in [3.63, 3.8) is 0 Å². The molecule has 0 bridgehead atoms. The van der Waals surface area contributed by atoms with E-state index in [1.165, 1.54) is 18.2 Å². The molecule has 1 aliphatic carbocycles. The Labute approximate surface area is 141 Å². The van der Waals surface area contributed by atoms with Gasteiger partial charge in [0, 0.05) is 25.2 Å². The lowest BCUT2D eigenvalue weighted by atomic mass is 9.97. The van der Waals surface area contributed by atoms with Crippen molar-refractivity contribution in [2.75, 3.05) is 33.2 Å². The van der Waals surface area contributed by atoms with Gasteiger partial charge in [-0.05, 0) is 62.7 Å². The lowest BCUT2D eigenvalue weighted by Crippen LogP contribution is -2.46. The maximum absolute atomic E-state index is 13.8. The number of benzene rings is 1. The SMILES string of the molecule is CNCC1CCN(C(=O)NC[C@@H]2C[C@H]2c2c(F)cccc2F)CC1. The van der Waals surface area contributed by atoms with Crippen molar-refractivity contribution >= 4 is 6.03 Å². The predicted octanol–water partition coefficient (Wildman–Crippen LogP) is 2.71. The van der Waals surface area contributed by atoms with Crippen LogP contribution in [0.5, 0.6) is 0 Å². The molecule has 2 N–H and O–H groups in total. The molecular weight excluding hydrogens is 312 g/mol. The van der Waals surface area contributed by atoms with Gasteiger partial charge in [-0.1, -0.05) is 6.07 Å². The number of urea groups is 1. The zero-order valence-electron chi connectivity index (χ0n) is 14.0. The molecule has 4 nitrogen and oxygen atoms in total. The lowest BCUT2D eigenvalue weighted by molar-refractivity contribution is 0.170. The minimum atomic E-state index is -0.486. The Morgan fingerprint density at radius 2 is 1.88 bits per heavy atom. The van der Waals surface area contributed by atoms with Crippen LogP contribution in [0.4, 0.5) is 13.6 Å². The number of carbonyl (C=O) groups excluding carboxylic acids is 1. The molecule has 1 aliphatic heterocycles. The summed E-state index contributed by atoms with van der Waals surface area (Å²) in [6, 6.07) is 3.91. The third-order valence-corrected chi connectivity index (χ3v) is 5.20. The molecule has 0 aromatic heterocycles. The fraction of sp³-hybridized carbons (Fsp3) is 0.611. The van der Waals surface area contributed by atoms with E-state index in [1.54, 1.807) is 0 Å². The summed E-state index contributed by atoms with van der Waals surface area (Å²) in [5.74, 6) is -0.327. The molecular formula is C18H25F2N3O. The molecule has 6 heteroatoms. The van der Waals surface area contributed by atoms with E-state index in [0.717, 1.165) is 38.9 Å². The summed E-state index contributed by atoms with van der Waals surface area (Å²) in [6.07, 6.45) is 2.75. The summed E-state index contributed by atoms with van der Waals surface area (Å²) in [4.78, 5) is 14.1. The van der Waals surface area contributed by atoms with Crippen LogP contribution in [-0.2, 0) is 0 Å². The standard InChI is InChI=1S/C18H25F2N3O/c1-21-10-12-5-7-23(8-6-12)18(24)22-11-13-9-14(13)17-15(19)3-2-4-16(17)20/h2-4,12-14,21H,5-11H2,1H3,(H,22,24)/t13-,14+/m0/s1. The molecule has 1 aromatic rings. The van der Waals surface area contributed by atoms with Gasteiger partial charge in [0.2, 0.25) is 0 Å². The molecule has 1 saturated carbocycles. The van der Waals surface area contributed by atoms with Gasteiger partial charge in [-0.2, -0.15) is 0 Å². The van der Waals surface area contributed by atoms with Crippen LogP contribution in [0, 0.1) is 23.5 Å². The van der Waals surface area contributed by atoms with Crippen LogP contribution in [0.15, 0.2) is 18.2 Å². The number of hydrogen-bond donors (Lipinski definition) is 2.